The highest BCUT2D eigenvalue weighted by Gasteiger charge is 2.23. The Bertz CT molecular complexity index is 847. The quantitative estimate of drug-likeness (QED) is 0.938. The van der Waals surface area contributed by atoms with Crippen LogP contribution in [-0.4, -0.2) is 10.5 Å². The lowest BCUT2D eigenvalue weighted by atomic mass is 10.1. The highest BCUT2D eigenvalue weighted by Crippen LogP contribution is 2.38. The molecule has 0 spiro atoms. The first-order valence-electron chi connectivity index (χ1n) is 6.79. The molecule has 0 aliphatic heterocycles. The van der Waals surface area contributed by atoms with Gasteiger partial charge in [0.2, 0.25) is 5.91 Å². The van der Waals surface area contributed by atoms with Gasteiger partial charge in [-0.2, -0.15) is 5.26 Å². The fourth-order valence-electron chi connectivity index (χ4n) is 2.56. The van der Waals surface area contributed by atoms with E-state index in [9.17, 15) is 14.9 Å². The summed E-state index contributed by atoms with van der Waals surface area (Å²) in [4.78, 5) is 25.0. The molecule has 0 saturated carbocycles. The van der Waals surface area contributed by atoms with Crippen LogP contribution in [0.2, 0.25) is 5.02 Å². The zero-order valence-electron chi connectivity index (χ0n) is 11.6. The number of aryl methyl sites for hydroxylation is 1. The fourth-order valence-corrected chi connectivity index (χ4v) is 3.99. The minimum Gasteiger partial charge on any atom is -0.315 e. The van der Waals surface area contributed by atoms with E-state index in [0.29, 0.717) is 15.6 Å². The first-order chi connectivity index (χ1) is 10.6. The van der Waals surface area contributed by atoms with Crippen LogP contribution in [0.1, 0.15) is 22.4 Å². The van der Waals surface area contributed by atoms with Crippen LogP contribution >= 0.6 is 22.9 Å². The number of rotatable bonds is 3. The number of carbonyl (C=O) groups excluding carboxylic acids is 1. The molecule has 1 aliphatic carbocycles. The molecule has 1 N–H and O–H groups in total. The maximum atomic E-state index is 12.1. The maximum Gasteiger partial charge on any atom is 0.251 e. The summed E-state index contributed by atoms with van der Waals surface area (Å²) in [5.41, 5.74) is 1.32. The topological polar surface area (TPSA) is 74.9 Å². The van der Waals surface area contributed by atoms with Gasteiger partial charge in [0.1, 0.15) is 17.6 Å². The third-order valence-electron chi connectivity index (χ3n) is 3.55. The molecule has 1 aliphatic rings. The summed E-state index contributed by atoms with van der Waals surface area (Å²) in [6.07, 6.45) is 4.32. The predicted octanol–water partition coefficient (Wildman–Crippen LogP) is 2.56. The van der Waals surface area contributed by atoms with Gasteiger partial charge >= 0.3 is 0 Å². The number of fused-ring (bicyclic) bond motifs is 1. The molecule has 3 rings (SSSR count). The lowest BCUT2D eigenvalue weighted by Crippen LogP contribution is -2.26. The fraction of sp³-hybridized carbons (Fsp3) is 0.267. The van der Waals surface area contributed by atoms with Crippen molar-refractivity contribution in [3.63, 3.8) is 0 Å². The molecule has 2 aromatic rings. The van der Waals surface area contributed by atoms with Crippen LogP contribution in [0.3, 0.4) is 0 Å². The smallest absolute Gasteiger partial charge is 0.251 e. The molecule has 0 radical (unpaired) electrons. The van der Waals surface area contributed by atoms with Crippen LogP contribution in [0, 0.1) is 11.3 Å². The molecule has 2 heterocycles. The van der Waals surface area contributed by atoms with Gasteiger partial charge in [0.15, 0.2) is 0 Å². The van der Waals surface area contributed by atoms with Crippen LogP contribution in [-0.2, 0) is 24.2 Å². The number of pyridine rings is 1. The third kappa shape index (κ3) is 2.78. The molecule has 22 heavy (non-hydrogen) atoms. The molecule has 0 aromatic carbocycles. The van der Waals surface area contributed by atoms with E-state index in [0.717, 1.165) is 24.8 Å². The van der Waals surface area contributed by atoms with Crippen molar-refractivity contribution in [2.45, 2.75) is 25.8 Å². The Morgan fingerprint density at radius 1 is 1.45 bits per heavy atom. The van der Waals surface area contributed by atoms with E-state index in [1.807, 2.05) is 0 Å². The minimum atomic E-state index is -0.346. The summed E-state index contributed by atoms with van der Waals surface area (Å²) in [6, 6.07) is 4.97. The second kappa shape index (κ2) is 5.95. The molecule has 7 heteroatoms. The van der Waals surface area contributed by atoms with Crippen LogP contribution < -0.4 is 10.9 Å². The van der Waals surface area contributed by atoms with Crippen molar-refractivity contribution in [1.82, 2.24) is 4.57 Å². The number of anilines is 1. The van der Waals surface area contributed by atoms with Crippen molar-refractivity contribution in [3.8, 4) is 6.07 Å². The number of nitrogens with one attached hydrogen (secondary N) is 1. The molecular weight excluding hydrogens is 322 g/mol. The van der Waals surface area contributed by atoms with Crippen molar-refractivity contribution < 1.29 is 4.79 Å². The summed E-state index contributed by atoms with van der Waals surface area (Å²) in [6.45, 7) is -0.132. The van der Waals surface area contributed by atoms with Crippen LogP contribution in [0.4, 0.5) is 5.00 Å². The standard InChI is InChI=1S/C15H12ClN3O2S/c16-9-4-5-14(21)19(7-9)8-13(20)18-15-11(6-17)10-2-1-3-12(10)22-15/h4-5,7H,1-3,8H2,(H,18,20). The molecule has 2 aromatic heterocycles. The Morgan fingerprint density at radius 2 is 2.27 bits per heavy atom. The molecule has 0 unspecified atom stereocenters. The van der Waals surface area contributed by atoms with Gasteiger partial charge in [-0.1, -0.05) is 11.6 Å². The Hall–Kier alpha value is -2.10. The number of hydrogen-bond acceptors (Lipinski definition) is 4. The Morgan fingerprint density at radius 3 is 3.05 bits per heavy atom. The van der Waals surface area contributed by atoms with E-state index < -0.39 is 0 Å². The van der Waals surface area contributed by atoms with E-state index in [2.05, 4.69) is 11.4 Å². The van der Waals surface area contributed by atoms with Gasteiger partial charge in [-0.05, 0) is 30.9 Å². The molecule has 0 fully saturated rings. The molecule has 112 valence electrons. The second-order valence-electron chi connectivity index (χ2n) is 5.03. The van der Waals surface area contributed by atoms with E-state index in [-0.39, 0.29) is 18.0 Å². The first-order valence-corrected chi connectivity index (χ1v) is 7.98. The van der Waals surface area contributed by atoms with Gasteiger partial charge in [-0.3, -0.25) is 9.59 Å². The van der Waals surface area contributed by atoms with Crippen molar-refractivity contribution in [3.05, 3.63) is 49.7 Å². The lowest BCUT2D eigenvalue weighted by molar-refractivity contribution is -0.116. The highest BCUT2D eigenvalue weighted by atomic mass is 35.5. The second-order valence-corrected chi connectivity index (χ2v) is 6.58. The van der Waals surface area contributed by atoms with E-state index in [1.165, 1.54) is 39.1 Å². The van der Waals surface area contributed by atoms with Gasteiger partial charge in [-0.25, -0.2) is 0 Å². The van der Waals surface area contributed by atoms with Crippen LogP contribution in [0.15, 0.2) is 23.1 Å². The van der Waals surface area contributed by atoms with Gasteiger partial charge in [0, 0.05) is 17.1 Å². The molecule has 0 bridgehead atoms. The van der Waals surface area contributed by atoms with Crippen LogP contribution in [0.5, 0.6) is 0 Å². The number of nitrogens with zero attached hydrogens (tertiary/aromatic N) is 2. The summed E-state index contributed by atoms with van der Waals surface area (Å²) >= 11 is 7.28. The molecule has 1 amide bonds. The number of carbonyl (C=O) groups is 1. The first kappa shape index (κ1) is 14.8. The highest BCUT2D eigenvalue weighted by molar-refractivity contribution is 7.16. The SMILES string of the molecule is N#Cc1c(NC(=O)Cn2cc(Cl)ccc2=O)sc2c1CCC2. The van der Waals surface area contributed by atoms with Crippen molar-refractivity contribution in [1.29, 1.82) is 5.26 Å². The third-order valence-corrected chi connectivity index (χ3v) is 4.98. The zero-order chi connectivity index (χ0) is 15.7. The average molecular weight is 334 g/mol. The molecule has 0 saturated heterocycles. The van der Waals surface area contributed by atoms with Crippen LogP contribution in [0.25, 0.3) is 0 Å². The van der Waals surface area contributed by atoms with Crippen molar-refractivity contribution >= 4 is 33.8 Å². The van der Waals surface area contributed by atoms with E-state index >= 15 is 0 Å². The average Bonchev–Trinajstić information content (AvgIpc) is 3.03. The van der Waals surface area contributed by atoms with Gasteiger partial charge in [-0.15, -0.1) is 11.3 Å². The molecule has 0 atom stereocenters. The molecule has 5 nitrogen and oxygen atoms in total. The summed E-state index contributed by atoms with van der Waals surface area (Å²) < 4.78 is 1.24. The van der Waals surface area contributed by atoms with E-state index in [1.54, 1.807) is 0 Å². The monoisotopic (exact) mass is 333 g/mol. The zero-order valence-corrected chi connectivity index (χ0v) is 13.1. The van der Waals surface area contributed by atoms with Crippen molar-refractivity contribution in [2.75, 3.05) is 5.32 Å². The Balaban J connectivity index is 1.79. The number of nitriles is 1. The van der Waals surface area contributed by atoms with Crippen molar-refractivity contribution in [2.24, 2.45) is 0 Å². The summed E-state index contributed by atoms with van der Waals surface area (Å²) in [5, 5.41) is 13.0. The summed E-state index contributed by atoms with van der Waals surface area (Å²) in [5.74, 6) is -0.346. The largest absolute Gasteiger partial charge is 0.315 e. The van der Waals surface area contributed by atoms with Gasteiger partial charge < -0.3 is 9.88 Å². The number of halogens is 1. The number of thiophene rings is 1. The van der Waals surface area contributed by atoms with E-state index in [4.69, 9.17) is 11.6 Å². The minimum absolute atomic E-state index is 0.132. The number of aromatic nitrogens is 1. The maximum absolute atomic E-state index is 12.1. The van der Waals surface area contributed by atoms with Gasteiger partial charge in [0.25, 0.3) is 5.56 Å². The van der Waals surface area contributed by atoms with Gasteiger partial charge in [0.05, 0.1) is 10.6 Å². The Kier molecular flexibility index (Phi) is 4.01. The number of hydrogen-bond donors (Lipinski definition) is 1. The normalized spacial score (nSPS) is 12.7. The molecular formula is C15H12ClN3O2S. The lowest BCUT2D eigenvalue weighted by Gasteiger charge is -2.07. The Labute approximate surface area is 135 Å². The predicted molar refractivity (Wildman–Crippen MR) is 85.4 cm³/mol. The number of amides is 1. The summed E-state index contributed by atoms with van der Waals surface area (Å²) in [7, 11) is 0.